The monoisotopic (exact) mass is 328 g/mol. The lowest BCUT2D eigenvalue weighted by Gasteiger charge is -2.24. The Morgan fingerprint density at radius 1 is 1.47 bits per heavy atom. The van der Waals surface area contributed by atoms with Gasteiger partial charge in [0.15, 0.2) is 0 Å². The summed E-state index contributed by atoms with van der Waals surface area (Å²) in [5, 5.41) is 11.8. The maximum absolute atomic E-state index is 12.1. The Hall–Kier alpha value is -1.07. The number of nitrogens with two attached hydrogens (primary N) is 1. The van der Waals surface area contributed by atoms with Gasteiger partial charge in [0.05, 0.1) is 5.56 Å². The number of nitrogens with one attached hydrogen (secondary N) is 1. The molecule has 0 fully saturated rings. The molecule has 0 aliphatic heterocycles. The normalized spacial score (nSPS) is 11.4. The molecule has 0 unspecified atom stereocenters. The van der Waals surface area contributed by atoms with Gasteiger partial charge in [-0.3, -0.25) is 4.79 Å². The highest BCUT2D eigenvalue weighted by molar-refractivity contribution is 9.10. The topological polar surface area (TPSA) is 75.3 Å². The molecule has 19 heavy (non-hydrogen) atoms. The Morgan fingerprint density at radius 2 is 2.16 bits per heavy atom. The van der Waals surface area contributed by atoms with Gasteiger partial charge < -0.3 is 16.2 Å². The fourth-order valence-electron chi connectivity index (χ4n) is 1.78. The summed E-state index contributed by atoms with van der Waals surface area (Å²) in [5.41, 5.74) is 6.75. The van der Waals surface area contributed by atoms with Crippen molar-refractivity contribution in [2.24, 2.45) is 5.41 Å². The fraction of sp³-hybridized carbons (Fsp3) is 0.500. The predicted octanol–water partition coefficient (Wildman–Crippen LogP) is 2.56. The van der Waals surface area contributed by atoms with Crippen LogP contribution in [0.2, 0.25) is 0 Å². The quantitative estimate of drug-likeness (QED) is 0.702. The van der Waals surface area contributed by atoms with Crippen LogP contribution in [-0.2, 0) is 0 Å². The van der Waals surface area contributed by atoms with Gasteiger partial charge in [-0.2, -0.15) is 0 Å². The zero-order chi connectivity index (χ0) is 14.5. The van der Waals surface area contributed by atoms with Gasteiger partial charge in [0.2, 0.25) is 0 Å². The first-order chi connectivity index (χ1) is 8.85. The molecule has 0 saturated carbocycles. The number of nitrogen functional groups attached to an aromatic ring is 1. The molecule has 1 aromatic carbocycles. The summed E-state index contributed by atoms with van der Waals surface area (Å²) in [6.45, 7) is 4.87. The van der Waals surface area contributed by atoms with Gasteiger partial charge in [-0.1, -0.05) is 13.8 Å². The second kappa shape index (κ2) is 6.91. The van der Waals surface area contributed by atoms with Crippen molar-refractivity contribution in [2.75, 3.05) is 18.9 Å². The molecule has 1 amide bonds. The van der Waals surface area contributed by atoms with Crippen molar-refractivity contribution in [3.05, 3.63) is 28.2 Å². The van der Waals surface area contributed by atoms with Gasteiger partial charge in [0.1, 0.15) is 0 Å². The number of anilines is 1. The lowest BCUT2D eigenvalue weighted by atomic mass is 9.88. The van der Waals surface area contributed by atoms with Crippen molar-refractivity contribution in [1.29, 1.82) is 0 Å². The molecule has 0 radical (unpaired) electrons. The van der Waals surface area contributed by atoms with Crippen molar-refractivity contribution < 1.29 is 9.90 Å². The molecule has 0 aliphatic carbocycles. The third kappa shape index (κ3) is 5.20. The number of aliphatic hydroxyl groups excluding tert-OH is 1. The molecule has 0 spiro atoms. The van der Waals surface area contributed by atoms with Crippen LogP contribution in [-0.4, -0.2) is 24.2 Å². The number of hydrogen-bond donors (Lipinski definition) is 3. The second-order valence-electron chi connectivity index (χ2n) is 5.41. The van der Waals surface area contributed by atoms with Crippen molar-refractivity contribution in [2.45, 2.75) is 26.7 Å². The third-order valence-electron chi connectivity index (χ3n) is 2.97. The summed E-state index contributed by atoms with van der Waals surface area (Å²) in [7, 11) is 0. The predicted molar refractivity (Wildman–Crippen MR) is 81.0 cm³/mol. The lowest BCUT2D eigenvalue weighted by Crippen LogP contribution is -2.34. The molecule has 0 heterocycles. The summed E-state index contributed by atoms with van der Waals surface area (Å²) in [6, 6.07) is 5.16. The van der Waals surface area contributed by atoms with Gasteiger partial charge in [-0.05, 0) is 52.4 Å². The Balaban J connectivity index is 2.62. The Morgan fingerprint density at radius 3 is 2.79 bits per heavy atom. The highest BCUT2D eigenvalue weighted by atomic mass is 79.9. The molecular weight excluding hydrogens is 308 g/mol. The number of carbonyl (C=O) groups is 1. The van der Waals surface area contributed by atoms with Gasteiger partial charge in [0.25, 0.3) is 5.91 Å². The minimum Gasteiger partial charge on any atom is -0.399 e. The molecule has 0 saturated heterocycles. The minimum absolute atomic E-state index is 0.0365. The summed E-state index contributed by atoms with van der Waals surface area (Å²) >= 11 is 3.34. The van der Waals surface area contributed by atoms with Crippen molar-refractivity contribution >= 4 is 27.5 Å². The first kappa shape index (κ1) is 16.0. The molecule has 0 bridgehead atoms. The SMILES string of the molecule is CC(C)(CCCO)CNC(=O)c1cc(N)ccc1Br. The average Bonchev–Trinajstić information content (AvgIpc) is 2.36. The van der Waals surface area contributed by atoms with Gasteiger partial charge in [-0.25, -0.2) is 0 Å². The van der Waals surface area contributed by atoms with Crippen LogP contribution in [0.4, 0.5) is 5.69 Å². The maximum atomic E-state index is 12.1. The molecule has 106 valence electrons. The largest absolute Gasteiger partial charge is 0.399 e. The molecular formula is C14H21BrN2O2. The van der Waals surface area contributed by atoms with E-state index in [1.54, 1.807) is 18.2 Å². The number of carbonyl (C=O) groups excluding carboxylic acids is 1. The Labute approximate surface area is 122 Å². The van der Waals surface area contributed by atoms with Crippen LogP contribution >= 0.6 is 15.9 Å². The summed E-state index contributed by atoms with van der Waals surface area (Å²) in [6.07, 6.45) is 1.60. The molecule has 0 aliphatic rings. The number of amides is 1. The van der Waals surface area contributed by atoms with Crippen molar-refractivity contribution in [3.63, 3.8) is 0 Å². The lowest BCUT2D eigenvalue weighted by molar-refractivity contribution is 0.0932. The fourth-order valence-corrected chi connectivity index (χ4v) is 2.20. The first-order valence-corrected chi connectivity index (χ1v) is 7.09. The van der Waals surface area contributed by atoms with Crippen LogP contribution < -0.4 is 11.1 Å². The van der Waals surface area contributed by atoms with Gasteiger partial charge >= 0.3 is 0 Å². The molecule has 5 heteroatoms. The van der Waals surface area contributed by atoms with E-state index in [-0.39, 0.29) is 17.9 Å². The van der Waals surface area contributed by atoms with E-state index in [9.17, 15) is 4.79 Å². The van der Waals surface area contributed by atoms with Crippen molar-refractivity contribution in [3.8, 4) is 0 Å². The molecule has 1 aromatic rings. The van der Waals surface area contributed by atoms with E-state index in [0.717, 1.165) is 17.3 Å². The number of hydrogen-bond acceptors (Lipinski definition) is 3. The third-order valence-corrected chi connectivity index (χ3v) is 3.67. The number of rotatable bonds is 6. The van der Waals surface area contributed by atoms with Crippen LogP contribution in [0, 0.1) is 5.41 Å². The van der Waals surface area contributed by atoms with E-state index in [4.69, 9.17) is 10.8 Å². The molecule has 4 N–H and O–H groups in total. The van der Waals surface area contributed by atoms with E-state index >= 15 is 0 Å². The molecule has 0 aromatic heterocycles. The summed E-state index contributed by atoms with van der Waals surface area (Å²) < 4.78 is 0.729. The van der Waals surface area contributed by atoms with E-state index in [1.165, 1.54) is 0 Å². The number of halogens is 1. The zero-order valence-electron chi connectivity index (χ0n) is 11.4. The van der Waals surface area contributed by atoms with Crippen LogP contribution in [0.25, 0.3) is 0 Å². The van der Waals surface area contributed by atoms with E-state index in [0.29, 0.717) is 17.8 Å². The van der Waals surface area contributed by atoms with Crippen LogP contribution in [0.15, 0.2) is 22.7 Å². The van der Waals surface area contributed by atoms with Crippen LogP contribution in [0.3, 0.4) is 0 Å². The highest BCUT2D eigenvalue weighted by Gasteiger charge is 2.19. The number of aliphatic hydroxyl groups is 1. The summed E-state index contributed by atoms with van der Waals surface area (Å²) in [5.74, 6) is -0.142. The maximum Gasteiger partial charge on any atom is 0.252 e. The molecule has 0 atom stereocenters. The zero-order valence-corrected chi connectivity index (χ0v) is 13.0. The van der Waals surface area contributed by atoms with Gasteiger partial charge in [-0.15, -0.1) is 0 Å². The van der Waals surface area contributed by atoms with E-state index < -0.39 is 0 Å². The second-order valence-corrected chi connectivity index (χ2v) is 6.27. The average molecular weight is 329 g/mol. The van der Waals surface area contributed by atoms with E-state index in [1.807, 2.05) is 0 Å². The standard InChI is InChI=1S/C14H21BrN2O2/c1-14(2,6-3-7-18)9-17-13(19)11-8-10(16)4-5-12(11)15/h4-5,8,18H,3,6-7,9,16H2,1-2H3,(H,17,19). The Kier molecular flexibility index (Phi) is 5.82. The van der Waals surface area contributed by atoms with Gasteiger partial charge in [0, 0.05) is 23.3 Å². The van der Waals surface area contributed by atoms with Crippen molar-refractivity contribution in [1.82, 2.24) is 5.32 Å². The Bertz CT molecular complexity index is 447. The highest BCUT2D eigenvalue weighted by Crippen LogP contribution is 2.22. The van der Waals surface area contributed by atoms with Crippen LogP contribution in [0.1, 0.15) is 37.0 Å². The summed E-state index contributed by atoms with van der Waals surface area (Å²) in [4.78, 5) is 12.1. The minimum atomic E-state index is -0.142. The van der Waals surface area contributed by atoms with E-state index in [2.05, 4.69) is 35.1 Å². The van der Waals surface area contributed by atoms with Crippen LogP contribution in [0.5, 0.6) is 0 Å². The molecule has 4 nitrogen and oxygen atoms in total. The first-order valence-electron chi connectivity index (χ1n) is 6.30. The number of benzene rings is 1. The smallest absolute Gasteiger partial charge is 0.252 e. The molecule has 1 rings (SSSR count).